The smallest absolute Gasteiger partial charge is 0.255 e. The summed E-state index contributed by atoms with van der Waals surface area (Å²) in [5, 5.41) is 8.61. The number of nitrogens with zero attached hydrogens (tertiary/aromatic N) is 2. The monoisotopic (exact) mass is 310 g/mol. The Morgan fingerprint density at radius 3 is 2.89 bits per heavy atom. The van der Waals surface area contributed by atoms with E-state index in [1.807, 2.05) is 6.07 Å². The summed E-state index contributed by atoms with van der Waals surface area (Å²) in [6.07, 6.45) is 2.23. The van der Waals surface area contributed by atoms with Crippen LogP contribution in [0.5, 0.6) is 0 Å². The third kappa shape index (κ3) is 2.70. The number of hydrogen-bond donors (Lipinski definition) is 0. The molecule has 0 N–H and O–H groups in total. The van der Waals surface area contributed by atoms with Crippen LogP contribution in [0.4, 0.5) is 4.39 Å². The highest BCUT2D eigenvalue weighted by atomic mass is 79.9. The number of hydrogen-bond acceptors (Lipinski definition) is 2. The molecule has 18 heavy (non-hydrogen) atoms. The van der Waals surface area contributed by atoms with Crippen LogP contribution >= 0.6 is 15.9 Å². The van der Waals surface area contributed by atoms with E-state index in [0.29, 0.717) is 18.5 Å². The number of benzene rings is 1. The predicted octanol–water partition coefficient (Wildman–Crippen LogP) is 3.11. The van der Waals surface area contributed by atoms with Gasteiger partial charge in [-0.05, 0) is 40.9 Å². The van der Waals surface area contributed by atoms with Gasteiger partial charge in [0.2, 0.25) is 0 Å². The Morgan fingerprint density at radius 1 is 1.56 bits per heavy atom. The Bertz CT molecular complexity index is 508. The molecule has 1 amide bonds. The molecular formula is C13H12BrFN2O. The molecule has 2 rings (SSSR count). The van der Waals surface area contributed by atoms with Crippen LogP contribution in [0.1, 0.15) is 29.6 Å². The van der Waals surface area contributed by atoms with Crippen molar-refractivity contribution in [3.63, 3.8) is 0 Å². The summed E-state index contributed by atoms with van der Waals surface area (Å²) in [4.78, 5) is 14.0. The van der Waals surface area contributed by atoms with Crippen molar-refractivity contribution >= 4 is 21.8 Å². The highest BCUT2D eigenvalue weighted by Gasteiger charge is 2.33. The average molecular weight is 311 g/mol. The van der Waals surface area contributed by atoms with Crippen LogP contribution in [0.2, 0.25) is 0 Å². The molecule has 1 fully saturated rings. The third-order valence-corrected chi connectivity index (χ3v) is 3.70. The molecule has 1 aliphatic rings. The minimum absolute atomic E-state index is 0.192. The Balaban J connectivity index is 2.22. The number of halogens is 2. The zero-order chi connectivity index (χ0) is 13.1. The molecule has 5 heteroatoms. The van der Waals surface area contributed by atoms with Gasteiger partial charge in [0.1, 0.15) is 5.82 Å². The van der Waals surface area contributed by atoms with Crippen molar-refractivity contribution < 1.29 is 9.18 Å². The normalized spacial score (nSPS) is 14.1. The molecule has 1 aromatic rings. The van der Waals surface area contributed by atoms with Gasteiger partial charge in [-0.25, -0.2) is 4.39 Å². The Kier molecular flexibility index (Phi) is 3.97. The SMILES string of the molecule is N#CCCN(C(=O)c1cccc(F)c1Br)C1CC1. The van der Waals surface area contributed by atoms with E-state index in [2.05, 4.69) is 15.9 Å². The molecule has 0 heterocycles. The Labute approximate surface area is 113 Å². The summed E-state index contributed by atoms with van der Waals surface area (Å²) in [5.41, 5.74) is 0.319. The maximum atomic E-state index is 13.4. The largest absolute Gasteiger partial charge is 0.335 e. The summed E-state index contributed by atoms with van der Waals surface area (Å²) in [6.45, 7) is 0.406. The number of amides is 1. The summed E-state index contributed by atoms with van der Waals surface area (Å²) in [7, 11) is 0. The molecule has 0 spiro atoms. The molecule has 0 bridgehead atoms. The summed E-state index contributed by atoms with van der Waals surface area (Å²) < 4.78 is 13.6. The van der Waals surface area contributed by atoms with Crippen molar-refractivity contribution in [1.82, 2.24) is 4.90 Å². The lowest BCUT2D eigenvalue weighted by Crippen LogP contribution is -2.34. The van der Waals surface area contributed by atoms with Crippen LogP contribution in [0, 0.1) is 17.1 Å². The molecule has 0 radical (unpaired) electrons. The van der Waals surface area contributed by atoms with Crippen molar-refractivity contribution in [2.24, 2.45) is 0 Å². The molecular weight excluding hydrogens is 299 g/mol. The maximum Gasteiger partial charge on any atom is 0.255 e. The van der Waals surface area contributed by atoms with Gasteiger partial charge in [-0.2, -0.15) is 5.26 Å². The first-order valence-electron chi connectivity index (χ1n) is 5.77. The second-order valence-electron chi connectivity index (χ2n) is 4.24. The molecule has 1 aliphatic carbocycles. The second-order valence-corrected chi connectivity index (χ2v) is 5.03. The molecule has 1 saturated carbocycles. The first-order chi connectivity index (χ1) is 8.65. The van der Waals surface area contributed by atoms with Crippen molar-refractivity contribution in [2.75, 3.05) is 6.54 Å². The van der Waals surface area contributed by atoms with Crippen molar-refractivity contribution in [2.45, 2.75) is 25.3 Å². The number of carbonyl (C=O) groups excluding carboxylic acids is 1. The minimum Gasteiger partial charge on any atom is -0.335 e. The van der Waals surface area contributed by atoms with E-state index in [0.717, 1.165) is 12.8 Å². The van der Waals surface area contributed by atoms with Crippen LogP contribution in [-0.4, -0.2) is 23.4 Å². The Hall–Kier alpha value is -1.41. The average Bonchev–Trinajstić information content (AvgIpc) is 3.17. The Morgan fingerprint density at radius 2 is 2.28 bits per heavy atom. The highest BCUT2D eigenvalue weighted by Crippen LogP contribution is 2.30. The van der Waals surface area contributed by atoms with Gasteiger partial charge >= 0.3 is 0 Å². The van der Waals surface area contributed by atoms with E-state index in [4.69, 9.17) is 5.26 Å². The number of rotatable bonds is 4. The van der Waals surface area contributed by atoms with Gasteiger partial charge in [0, 0.05) is 12.6 Å². The van der Waals surface area contributed by atoms with E-state index in [1.165, 1.54) is 12.1 Å². The second kappa shape index (κ2) is 5.49. The fraction of sp³-hybridized carbons (Fsp3) is 0.385. The fourth-order valence-corrected chi connectivity index (χ4v) is 2.26. The lowest BCUT2D eigenvalue weighted by molar-refractivity contribution is 0.0745. The molecule has 94 valence electrons. The van der Waals surface area contributed by atoms with Gasteiger partial charge in [0.25, 0.3) is 5.91 Å². The summed E-state index contributed by atoms with van der Waals surface area (Å²) in [6, 6.07) is 6.66. The van der Waals surface area contributed by atoms with Crippen molar-refractivity contribution in [3.05, 3.63) is 34.1 Å². The number of nitriles is 1. The molecule has 0 atom stereocenters. The molecule has 0 unspecified atom stereocenters. The number of carbonyl (C=O) groups is 1. The van der Waals surface area contributed by atoms with Crippen molar-refractivity contribution in [3.8, 4) is 6.07 Å². The van der Waals surface area contributed by atoms with E-state index < -0.39 is 5.82 Å². The van der Waals surface area contributed by atoms with E-state index in [1.54, 1.807) is 11.0 Å². The van der Waals surface area contributed by atoms with Crippen molar-refractivity contribution in [1.29, 1.82) is 5.26 Å². The zero-order valence-electron chi connectivity index (χ0n) is 9.70. The molecule has 0 aromatic heterocycles. The van der Waals surface area contributed by atoms with Crippen LogP contribution in [0.15, 0.2) is 22.7 Å². The van der Waals surface area contributed by atoms with Crippen LogP contribution < -0.4 is 0 Å². The van der Waals surface area contributed by atoms with E-state index in [-0.39, 0.29) is 16.4 Å². The predicted molar refractivity (Wildman–Crippen MR) is 68.4 cm³/mol. The fourth-order valence-electron chi connectivity index (χ4n) is 1.83. The zero-order valence-corrected chi connectivity index (χ0v) is 11.3. The van der Waals surface area contributed by atoms with Gasteiger partial charge < -0.3 is 4.90 Å². The highest BCUT2D eigenvalue weighted by molar-refractivity contribution is 9.10. The first kappa shape index (κ1) is 13.0. The maximum absolute atomic E-state index is 13.4. The van der Waals surface area contributed by atoms with Gasteiger partial charge in [0.15, 0.2) is 0 Å². The summed E-state index contributed by atoms with van der Waals surface area (Å²) >= 11 is 3.10. The first-order valence-corrected chi connectivity index (χ1v) is 6.56. The van der Waals surface area contributed by atoms with E-state index in [9.17, 15) is 9.18 Å². The molecule has 0 saturated heterocycles. The van der Waals surface area contributed by atoms with Crippen LogP contribution in [0.25, 0.3) is 0 Å². The van der Waals surface area contributed by atoms with Gasteiger partial charge in [-0.1, -0.05) is 6.07 Å². The standard InChI is InChI=1S/C13H12BrFN2O/c14-12-10(3-1-4-11(12)15)13(18)17(8-2-7-16)9-5-6-9/h1,3-4,9H,2,5-6,8H2. The quantitative estimate of drug-likeness (QED) is 0.857. The third-order valence-electron chi connectivity index (χ3n) is 2.90. The molecule has 3 nitrogen and oxygen atoms in total. The van der Waals surface area contributed by atoms with Gasteiger partial charge in [-0.15, -0.1) is 0 Å². The molecule has 1 aromatic carbocycles. The van der Waals surface area contributed by atoms with Crippen LogP contribution in [0.3, 0.4) is 0 Å². The van der Waals surface area contributed by atoms with Gasteiger partial charge in [0.05, 0.1) is 22.5 Å². The van der Waals surface area contributed by atoms with E-state index >= 15 is 0 Å². The lowest BCUT2D eigenvalue weighted by atomic mass is 10.2. The molecule has 0 aliphatic heterocycles. The van der Waals surface area contributed by atoms with Crippen LogP contribution in [-0.2, 0) is 0 Å². The lowest BCUT2D eigenvalue weighted by Gasteiger charge is -2.21. The topological polar surface area (TPSA) is 44.1 Å². The summed E-state index contributed by atoms with van der Waals surface area (Å²) in [5.74, 6) is -0.656. The minimum atomic E-state index is -0.447. The van der Waals surface area contributed by atoms with Gasteiger partial charge in [-0.3, -0.25) is 4.79 Å².